The smallest absolute Gasteiger partial charge is 0.236 e. The third-order valence-electron chi connectivity index (χ3n) is 6.27. The fourth-order valence-corrected chi connectivity index (χ4v) is 6.82. The molecular weight excluding hydrogens is 499 g/mol. The van der Waals surface area contributed by atoms with Gasteiger partial charge < -0.3 is 14.5 Å². The van der Waals surface area contributed by atoms with Crippen LogP contribution in [0.3, 0.4) is 0 Å². The van der Waals surface area contributed by atoms with Crippen molar-refractivity contribution in [1.82, 2.24) is 9.80 Å². The summed E-state index contributed by atoms with van der Waals surface area (Å²) in [4.78, 5) is 33.5. The summed E-state index contributed by atoms with van der Waals surface area (Å²) < 4.78 is 5.35. The van der Waals surface area contributed by atoms with Crippen LogP contribution in [-0.4, -0.2) is 79.1 Å². The summed E-state index contributed by atoms with van der Waals surface area (Å²) in [7, 11) is 3.52. The van der Waals surface area contributed by atoms with E-state index in [0.29, 0.717) is 45.9 Å². The molecule has 188 valence electrons. The summed E-state index contributed by atoms with van der Waals surface area (Å²) in [5.41, 5.74) is 2.01. The molecule has 2 aliphatic heterocycles. The Balaban J connectivity index is 1.42. The van der Waals surface area contributed by atoms with Crippen molar-refractivity contribution in [2.75, 3.05) is 62.3 Å². The van der Waals surface area contributed by atoms with Gasteiger partial charge in [-0.05, 0) is 42.8 Å². The van der Waals surface area contributed by atoms with Crippen LogP contribution in [0.15, 0.2) is 59.5 Å². The molecule has 0 N–H and O–H groups in total. The fourth-order valence-electron chi connectivity index (χ4n) is 4.39. The van der Waals surface area contributed by atoms with E-state index in [1.807, 2.05) is 40.1 Å². The van der Waals surface area contributed by atoms with Crippen LogP contribution in [0.2, 0.25) is 0 Å². The lowest BCUT2D eigenvalue weighted by Gasteiger charge is -2.29. The molecule has 6 nitrogen and oxygen atoms in total. The first-order valence-electron chi connectivity index (χ1n) is 12.1. The van der Waals surface area contributed by atoms with Gasteiger partial charge in [0.1, 0.15) is 0 Å². The van der Waals surface area contributed by atoms with Gasteiger partial charge in [0.25, 0.3) is 0 Å². The number of benzene rings is 2. The van der Waals surface area contributed by atoms with E-state index >= 15 is 0 Å². The van der Waals surface area contributed by atoms with Crippen molar-refractivity contribution in [3.63, 3.8) is 0 Å². The minimum absolute atomic E-state index is 0.115. The molecule has 1 atom stereocenters. The third-order valence-corrected chi connectivity index (χ3v) is 9.18. The Morgan fingerprint density at radius 1 is 1.03 bits per heavy atom. The summed E-state index contributed by atoms with van der Waals surface area (Å²) in [6, 6.07) is 18.4. The van der Waals surface area contributed by atoms with Crippen LogP contribution < -0.4 is 4.90 Å². The number of amides is 2. The Morgan fingerprint density at radius 3 is 2.49 bits per heavy atom. The molecule has 9 heteroatoms. The standard InChI is InChI=1S/C26H33N3O3S3/c30-25(28-12-14-32-15-13-28)20-27-11-10-22(19-27)26(31)29(18-21-4-2-1-3-5-21)23-6-8-24(9-7-23)35-34-17-16-33/h1-9,22,33H,10-20H2. The monoisotopic (exact) mass is 531 g/mol. The summed E-state index contributed by atoms with van der Waals surface area (Å²) in [6.07, 6.45) is 0.773. The number of rotatable bonds is 10. The molecule has 2 aromatic rings. The van der Waals surface area contributed by atoms with Gasteiger partial charge in [0.15, 0.2) is 0 Å². The number of anilines is 1. The number of thiol groups is 1. The van der Waals surface area contributed by atoms with Gasteiger partial charge in [-0.2, -0.15) is 12.6 Å². The predicted molar refractivity (Wildman–Crippen MR) is 148 cm³/mol. The van der Waals surface area contributed by atoms with Gasteiger partial charge in [0.2, 0.25) is 11.8 Å². The maximum absolute atomic E-state index is 13.7. The molecule has 2 fully saturated rings. The van der Waals surface area contributed by atoms with Crippen molar-refractivity contribution < 1.29 is 14.3 Å². The van der Waals surface area contributed by atoms with Gasteiger partial charge in [-0.15, -0.1) is 0 Å². The molecule has 0 bridgehead atoms. The Morgan fingerprint density at radius 2 is 1.77 bits per heavy atom. The molecule has 2 saturated heterocycles. The van der Waals surface area contributed by atoms with Gasteiger partial charge in [-0.1, -0.05) is 51.9 Å². The second kappa shape index (κ2) is 13.6. The van der Waals surface area contributed by atoms with Crippen LogP contribution in [0, 0.1) is 5.92 Å². The minimum Gasteiger partial charge on any atom is -0.378 e. The first kappa shape index (κ1) is 26.4. The summed E-state index contributed by atoms with van der Waals surface area (Å²) in [5, 5.41) is 0. The first-order chi connectivity index (χ1) is 17.1. The molecule has 0 aliphatic carbocycles. The van der Waals surface area contributed by atoms with Crippen molar-refractivity contribution in [2.24, 2.45) is 5.92 Å². The topological polar surface area (TPSA) is 53.1 Å². The van der Waals surface area contributed by atoms with Crippen LogP contribution in [0.25, 0.3) is 0 Å². The lowest BCUT2D eigenvalue weighted by atomic mass is 10.1. The van der Waals surface area contributed by atoms with Gasteiger partial charge in [-0.3, -0.25) is 14.5 Å². The van der Waals surface area contributed by atoms with E-state index in [1.54, 1.807) is 21.6 Å². The molecular formula is C26H33N3O3S3. The van der Waals surface area contributed by atoms with Gasteiger partial charge in [0, 0.05) is 41.7 Å². The molecule has 0 spiro atoms. The molecule has 0 saturated carbocycles. The van der Waals surface area contributed by atoms with E-state index in [2.05, 4.69) is 41.8 Å². The molecule has 0 radical (unpaired) electrons. The van der Waals surface area contributed by atoms with Crippen molar-refractivity contribution in [1.29, 1.82) is 0 Å². The number of nitrogens with zero attached hydrogens (tertiary/aromatic N) is 3. The largest absolute Gasteiger partial charge is 0.378 e. The summed E-state index contributed by atoms with van der Waals surface area (Å²) >= 11 is 4.27. The van der Waals surface area contributed by atoms with E-state index in [1.165, 1.54) is 4.90 Å². The second-order valence-corrected chi connectivity index (χ2v) is 11.7. The van der Waals surface area contributed by atoms with Gasteiger partial charge in [0.05, 0.1) is 32.2 Å². The quantitative estimate of drug-likeness (QED) is 0.283. The molecule has 2 heterocycles. The van der Waals surface area contributed by atoms with Crippen LogP contribution in [0.1, 0.15) is 12.0 Å². The zero-order valence-electron chi connectivity index (χ0n) is 19.9. The Bertz CT molecular complexity index is 955. The highest BCUT2D eigenvalue weighted by Gasteiger charge is 2.33. The number of hydrogen-bond acceptors (Lipinski definition) is 7. The molecule has 4 rings (SSSR count). The van der Waals surface area contributed by atoms with E-state index in [-0.39, 0.29) is 17.7 Å². The Labute approximate surface area is 221 Å². The second-order valence-electron chi connectivity index (χ2n) is 8.75. The van der Waals surface area contributed by atoms with Crippen molar-refractivity contribution in [3.8, 4) is 0 Å². The molecule has 2 amide bonds. The first-order valence-corrected chi connectivity index (χ1v) is 15.0. The maximum Gasteiger partial charge on any atom is 0.236 e. The molecule has 1 unspecified atom stereocenters. The van der Waals surface area contributed by atoms with Crippen LogP contribution in [0.5, 0.6) is 0 Å². The molecule has 2 aliphatic rings. The van der Waals surface area contributed by atoms with Crippen LogP contribution >= 0.6 is 34.2 Å². The fraction of sp³-hybridized carbons (Fsp3) is 0.462. The number of hydrogen-bond donors (Lipinski definition) is 1. The Kier molecular flexibility index (Phi) is 10.3. The highest BCUT2D eigenvalue weighted by atomic mass is 33.1. The maximum atomic E-state index is 13.7. The zero-order chi connectivity index (χ0) is 24.5. The zero-order valence-corrected chi connectivity index (χ0v) is 22.4. The van der Waals surface area contributed by atoms with E-state index in [4.69, 9.17) is 4.74 Å². The number of likely N-dealkylation sites (tertiary alicyclic amines) is 1. The minimum atomic E-state index is -0.115. The van der Waals surface area contributed by atoms with E-state index in [9.17, 15) is 9.59 Å². The lowest BCUT2D eigenvalue weighted by molar-refractivity contribution is -0.136. The van der Waals surface area contributed by atoms with Crippen molar-refractivity contribution >= 4 is 51.7 Å². The number of ether oxygens (including phenoxy) is 1. The van der Waals surface area contributed by atoms with Gasteiger partial charge in [-0.25, -0.2) is 0 Å². The SMILES string of the molecule is O=C(CN1CCC(C(=O)N(Cc2ccccc2)c2ccc(SSCCS)cc2)C1)N1CCOCC1. The average Bonchev–Trinajstić information content (AvgIpc) is 3.37. The van der Waals surface area contributed by atoms with Crippen LogP contribution in [-0.2, 0) is 20.9 Å². The summed E-state index contributed by atoms with van der Waals surface area (Å²) in [5.74, 6) is 1.98. The number of carbonyl (C=O) groups excluding carboxylic acids is 2. The van der Waals surface area contributed by atoms with Crippen LogP contribution in [0.4, 0.5) is 5.69 Å². The molecule has 2 aromatic carbocycles. The predicted octanol–water partition coefficient (Wildman–Crippen LogP) is 4.07. The Hall–Kier alpha value is -1.65. The third kappa shape index (κ3) is 7.67. The number of morpholine rings is 1. The average molecular weight is 532 g/mol. The molecule has 0 aromatic heterocycles. The van der Waals surface area contributed by atoms with Gasteiger partial charge >= 0.3 is 0 Å². The molecule has 35 heavy (non-hydrogen) atoms. The lowest BCUT2D eigenvalue weighted by Crippen LogP contribution is -2.45. The van der Waals surface area contributed by atoms with Crippen molar-refractivity contribution in [3.05, 3.63) is 60.2 Å². The van der Waals surface area contributed by atoms with E-state index < -0.39 is 0 Å². The normalized spacial score (nSPS) is 18.5. The number of carbonyl (C=O) groups is 2. The summed E-state index contributed by atoms with van der Waals surface area (Å²) in [6.45, 7) is 4.81. The highest BCUT2D eigenvalue weighted by molar-refractivity contribution is 8.76. The highest BCUT2D eigenvalue weighted by Crippen LogP contribution is 2.33. The van der Waals surface area contributed by atoms with Crippen molar-refractivity contribution in [2.45, 2.75) is 17.9 Å². The van der Waals surface area contributed by atoms with E-state index in [0.717, 1.165) is 35.7 Å².